The van der Waals surface area contributed by atoms with Gasteiger partial charge in [-0.3, -0.25) is 9.59 Å². The third-order valence-corrected chi connectivity index (χ3v) is 2.35. The zero-order valence-electron chi connectivity index (χ0n) is 10.8. The lowest BCUT2D eigenvalue weighted by molar-refractivity contribution is -0.123. The highest BCUT2D eigenvalue weighted by atomic mass is 16.5. The predicted molar refractivity (Wildman–Crippen MR) is 69.9 cm³/mol. The zero-order valence-corrected chi connectivity index (χ0v) is 10.8. The van der Waals surface area contributed by atoms with Gasteiger partial charge in [0.1, 0.15) is 11.5 Å². The van der Waals surface area contributed by atoms with Gasteiger partial charge in [0, 0.05) is 13.0 Å². The van der Waals surface area contributed by atoms with Crippen molar-refractivity contribution in [1.29, 1.82) is 0 Å². The zero-order chi connectivity index (χ0) is 14.1. The maximum Gasteiger partial charge on any atom is 0.257 e. The summed E-state index contributed by atoms with van der Waals surface area (Å²) in [4.78, 5) is 21.9. The van der Waals surface area contributed by atoms with E-state index >= 15 is 0 Å². The molecule has 0 heterocycles. The van der Waals surface area contributed by atoms with E-state index in [1.165, 1.54) is 0 Å². The number of primary amides is 1. The van der Waals surface area contributed by atoms with Gasteiger partial charge in [-0.05, 0) is 30.7 Å². The Morgan fingerprint density at radius 1 is 1.21 bits per heavy atom. The van der Waals surface area contributed by atoms with Gasteiger partial charge in [-0.15, -0.1) is 0 Å². The van der Waals surface area contributed by atoms with Gasteiger partial charge in [0.05, 0.1) is 7.11 Å². The molecule has 0 spiro atoms. The minimum atomic E-state index is -0.372. The summed E-state index contributed by atoms with van der Waals surface area (Å²) in [6.45, 7) is 0.344. The fraction of sp³-hybridized carbons (Fsp3) is 0.385. The van der Waals surface area contributed by atoms with Crippen LogP contribution in [0.1, 0.15) is 12.8 Å². The molecule has 0 aliphatic rings. The van der Waals surface area contributed by atoms with Crippen LogP contribution in [-0.4, -0.2) is 32.1 Å². The first-order valence-corrected chi connectivity index (χ1v) is 5.93. The Labute approximate surface area is 111 Å². The second-order valence-corrected chi connectivity index (χ2v) is 3.88. The van der Waals surface area contributed by atoms with E-state index in [0.717, 1.165) is 5.75 Å². The Bertz CT molecular complexity index is 417. The maximum absolute atomic E-state index is 11.4. The summed E-state index contributed by atoms with van der Waals surface area (Å²) < 4.78 is 10.3. The molecule has 3 N–H and O–H groups in total. The average Bonchev–Trinajstić information content (AvgIpc) is 2.41. The minimum Gasteiger partial charge on any atom is -0.497 e. The van der Waals surface area contributed by atoms with Crippen LogP contribution in [0.25, 0.3) is 0 Å². The van der Waals surface area contributed by atoms with Crippen molar-refractivity contribution in [3.63, 3.8) is 0 Å². The van der Waals surface area contributed by atoms with Crippen LogP contribution >= 0.6 is 0 Å². The first-order chi connectivity index (χ1) is 9.11. The Kier molecular flexibility index (Phi) is 6.21. The van der Waals surface area contributed by atoms with E-state index in [1.54, 1.807) is 31.4 Å². The van der Waals surface area contributed by atoms with E-state index in [9.17, 15) is 9.59 Å². The minimum absolute atomic E-state index is 0.0666. The van der Waals surface area contributed by atoms with Crippen molar-refractivity contribution >= 4 is 11.8 Å². The monoisotopic (exact) mass is 266 g/mol. The molecule has 0 atom stereocenters. The SMILES string of the molecule is COc1ccc(OCC(=O)NCCCC(N)=O)cc1. The number of benzene rings is 1. The highest BCUT2D eigenvalue weighted by Gasteiger charge is 2.03. The molecule has 0 saturated heterocycles. The molecule has 0 radical (unpaired) electrons. The molecule has 0 aliphatic heterocycles. The molecule has 0 unspecified atom stereocenters. The predicted octanol–water partition coefficient (Wildman–Crippen LogP) is 0.456. The van der Waals surface area contributed by atoms with Crippen LogP contribution < -0.4 is 20.5 Å². The van der Waals surface area contributed by atoms with E-state index in [4.69, 9.17) is 15.2 Å². The lowest BCUT2D eigenvalue weighted by Gasteiger charge is -2.07. The fourth-order valence-corrected chi connectivity index (χ4v) is 1.36. The molecule has 1 aromatic carbocycles. The number of hydrogen-bond donors (Lipinski definition) is 2. The second kappa shape index (κ2) is 7.97. The van der Waals surface area contributed by atoms with Crippen LogP contribution in [0.4, 0.5) is 0 Å². The van der Waals surface area contributed by atoms with Crippen LogP contribution in [0.2, 0.25) is 0 Å². The summed E-state index contributed by atoms with van der Waals surface area (Å²) in [5.74, 6) is 0.709. The van der Waals surface area contributed by atoms with Gasteiger partial charge in [0.2, 0.25) is 5.91 Å². The van der Waals surface area contributed by atoms with Gasteiger partial charge < -0.3 is 20.5 Å². The van der Waals surface area contributed by atoms with Crippen molar-refractivity contribution in [2.45, 2.75) is 12.8 Å². The van der Waals surface area contributed by atoms with Gasteiger partial charge in [-0.25, -0.2) is 0 Å². The van der Waals surface area contributed by atoms with Gasteiger partial charge in [0.15, 0.2) is 6.61 Å². The van der Waals surface area contributed by atoms with Gasteiger partial charge >= 0.3 is 0 Å². The van der Waals surface area contributed by atoms with Crippen LogP contribution in [0.3, 0.4) is 0 Å². The molecule has 104 valence electrons. The number of nitrogens with two attached hydrogens (primary N) is 1. The number of hydrogen-bond acceptors (Lipinski definition) is 4. The molecule has 1 aromatic rings. The molecule has 0 fully saturated rings. The van der Waals surface area contributed by atoms with Gasteiger partial charge in [-0.2, -0.15) is 0 Å². The standard InChI is InChI=1S/C13H18N2O4/c1-18-10-4-6-11(7-5-10)19-9-13(17)15-8-2-3-12(14)16/h4-7H,2-3,8-9H2,1H3,(H2,14,16)(H,15,17). The molecular formula is C13H18N2O4. The Hall–Kier alpha value is -2.24. The highest BCUT2D eigenvalue weighted by Crippen LogP contribution is 2.16. The number of rotatable bonds is 8. The molecule has 0 bridgehead atoms. The second-order valence-electron chi connectivity index (χ2n) is 3.88. The van der Waals surface area contributed by atoms with Crippen molar-refractivity contribution in [2.24, 2.45) is 5.73 Å². The fourth-order valence-electron chi connectivity index (χ4n) is 1.36. The molecule has 0 aromatic heterocycles. The van der Waals surface area contributed by atoms with Crippen LogP contribution in [0.5, 0.6) is 11.5 Å². The Balaban J connectivity index is 2.20. The van der Waals surface area contributed by atoms with Crippen molar-refractivity contribution in [3.8, 4) is 11.5 Å². The third-order valence-electron chi connectivity index (χ3n) is 2.35. The summed E-state index contributed by atoms with van der Waals surface area (Å²) >= 11 is 0. The van der Waals surface area contributed by atoms with Crippen LogP contribution in [-0.2, 0) is 9.59 Å². The van der Waals surface area contributed by atoms with Crippen molar-refractivity contribution < 1.29 is 19.1 Å². The maximum atomic E-state index is 11.4. The summed E-state index contributed by atoms with van der Waals surface area (Å²) in [7, 11) is 1.58. The number of carbonyl (C=O) groups is 2. The van der Waals surface area contributed by atoms with Crippen LogP contribution in [0, 0.1) is 0 Å². The highest BCUT2D eigenvalue weighted by molar-refractivity contribution is 5.77. The van der Waals surface area contributed by atoms with Crippen molar-refractivity contribution in [3.05, 3.63) is 24.3 Å². The van der Waals surface area contributed by atoms with Crippen molar-refractivity contribution in [1.82, 2.24) is 5.32 Å². The third kappa shape index (κ3) is 6.30. The first kappa shape index (κ1) is 14.8. The summed E-state index contributed by atoms with van der Waals surface area (Å²) in [5, 5.41) is 2.63. The summed E-state index contributed by atoms with van der Waals surface area (Å²) in [6.07, 6.45) is 0.795. The largest absolute Gasteiger partial charge is 0.497 e. The molecule has 19 heavy (non-hydrogen) atoms. The summed E-state index contributed by atoms with van der Waals surface area (Å²) in [5.41, 5.74) is 4.98. The smallest absolute Gasteiger partial charge is 0.257 e. The summed E-state index contributed by atoms with van der Waals surface area (Å²) in [6, 6.07) is 6.94. The number of ether oxygens (including phenoxy) is 2. The first-order valence-electron chi connectivity index (χ1n) is 5.93. The number of methoxy groups -OCH3 is 1. The van der Waals surface area contributed by atoms with E-state index in [-0.39, 0.29) is 24.8 Å². The molecule has 6 heteroatoms. The number of nitrogens with one attached hydrogen (secondary N) is 1. The van der Waals surface area contributed by atoms with Crippen molar-refractivity contribution in [2.75, 3.05) is 20.3 Å². The lowest BCUT2D eigenvalue weighted by Crippen LogP contribution is -2.30. The molecule has 0 aliphatic carbocycles. The quantitative estimate of drug-likeness (QED) is 0.669. The Morgan fingerprint density at radius 3 is 2.42 bits per heavy atom. The molecule has 0 saturated carbocycles. The van der Waals surface area contributed by atoms with Gasteiger partial charge in [-0.1, -0.05) is 0 Å². The molecule has 1 rings (SSSR count). The number of amides is 2. The lowest BCUT2D eigenvalue weighted by atomic mass is 10.3. The van der Waals surface area contributed by atoms with E-state index < -0.39 is 0 Å². The molecule has 2 amide bonds. The van der Waals surface area contributed by atoms with E-state index in [1.807, 2.05) is 0 Å². The topological polar surface area (TPSA) is 90.7 Å². The molecular weight excluding hydrogens is 248 g/mol. The van der Waals surface area contributed by atoms with E-state index in [2.05, 4.69) is 5.32 Å². The van der Waals surface area contributed by atoms with E-state index in [0.29, 0.717) is 18.7 Å². The number of carbonyl (C=O) groups excluding carboxylic acids is 2. The normalized spacial score (nSPS) is 9.74. The molecule has 6 nitrogen and oxygen atoms in total. The van der Waals surface area contributed by atoms with Crippen LogP contribution in [0.15, 0.2) is 24.3 Å². The average molecular weight is 266 g/mol. The Morgan fingerprint density at radius 2 is 1.84 bits per heavy atom. The van der Waals surface area contributed by atoms with Gasteiger partial charge in [0.25, 0.3) is 5.91 Å².